The van der Waals surface area contributed by atoms with Crippen LogP contribution in [0.4, 0.5) is 8.78 Å². The molecule has 1 aliphatic carbocycles. The quantitative estimate of drug-likeness (QED) is 0.848. The molecule has 0 radical (unpaired) electrons. The second kappa shape index (κ2) is 6.08. The Morgan fingerprint density at radius 2 is 2.17 bits per heavy atom. The number of carbonyl (C=O) groups is 1. The molecule has 4 rings (SSSR count). The summed E-state index contributed by atoms with van der Waals surface area (Å²) in [6, 6.07) is 3.27. The smallest absolute Gasteiger partial charge is 0.254 e. The first-order valence-electron chi connectivity index (χ1n) is 8.55. The fourth-order valence-corrected chi connectivity index (χ4v) is 3.58. The van der Waals surface area contributed by atoms with Crippen molar-refractivity contribution in [1.29, 1.82) is 0 Å². The Balaban J connectivity index is 1.37. The van der Waals surface area contributed by atoms with Gasteiger partial charge >= 0.3 is 0 Å². The number of ether oxygens (including phenoxy) is 2. The summed E-state index contributed by atoms with van der Waals surface area (Å²) in [5, 5.41) is 0. The van der Waals surface area contributed by atoms with Crippen LogP contribution >= 0.6 is 0 Å². The van der Waals surface area contributed by atoms with Gasteiger partial charge in [0, 0.05) is 25.1 Å². The number of nitrogens with zero attached hydrogens (tertiary/aromatic N) is 1. The van der Waals surface area contributed by atoms with Crippen LogP contribution in [0.15, 0.2) is 18.2 Å². The zero-order valence-corrected chi connectivity index (χ0v) is 13.5. The van der Waals surface area contributed by atoms with Crippen LogP contribution in [0, 0.1) is 17.6 Å². The molecule has 1 amide bonds. The molecule has 2 saturated heterocycles. The molecule has 4 nitrogen and oxygen atoms in total. The number of likely N-dealkylation sites (tertiary alicyclic amines) is 1. The number of carbonyl (C=O) groups excluding carboxylic acids is 1. The maximum atomic E-state index is 13.3. The summed E-state index contributed by atoms with van der Waals surface area (Å²) in [5.74, 6) is -1.51. The van der Waals surface area contributed by atoms with Crippen LogP contribution in [0.3, 0.4) is 0 Å². The zero-order chi connectivity index (χ0) is 16.7. The van der Waals surface area contributed by atoms with Gasteiger partial charge in [-0.3, -0.25) is 4.79 Å². The van der Waals surface area contributed by atoms with E-state index >= 15 is 0 Å². The monoisotopic (exact) mass is 337 g/mol. The predicted molar refractivity (Wildman–Crippen MR) is 82.6 cm³/mol. The Morgan fingerprint density at radius 3 is 2.92 bits per heavy atom. The van der Waals surface area contributed by atoms with Crippen LogP contribution in [0.5, 0.6) is 0 Å². The van der Waals surface area contributed by atoms with E-state index in [0.29, 0.717) is 19.7 Å². The van der Waals surface area contributed by atoms with Crippen molar-refractivity contribution in [3.8, 4) is 0 Å². The lowest BCUT2D eigenvalue weighted by molar-refractivity contribution is 0.00156. The van der Waals surface area contributed by atoms with E-state index < -0.39 is 11.6 Å². The summed E-state index contributed by atoms with van der Waals surface area (Å²) in [5.41, 5.74) is -0.173. The van der Waals surface area contributed by atoms with Crippen molar-refractivity contribution in [2.75, 3.05) is 26.3 Å². The van der Waals surface area contributed by atoms with Gasteiger partial charge in [-0.25, -0.2) is 8.78 Å². The molecular weight excluding hydrogens is 316 g/mol. The highest BCUT2D eigenvalue weighted by Gasteiger charge is 2.47. The molecule has 130 valence electrons. The Labute approximate surface area is 139 Å². The third-order valence-electron chi connectivity index (χ3n) is 5.21. The molecule has 1 spiro atoms. The van der Waals surface area contributed by atoms with E-state index in [9.17, 15) is 13.6 Å². The lowest BCUT2D eigenvalue weighted by atomic mass is 9.98. The van der Waals surface area contributed by atoms with Crippen molar-refractivity contribution >= 4 is 5.91 Å². The van der Waals surface area contributed by atoms with Crippen molar-refractivity contribution in [2.24, 2.45) is 5.92 Å². The van der Waals surface area contributed by atoms with Gasteiger partial charge in [-0.15, -0.1) is 0 Å². The molecule has 3 aliphatic rings. The first kappa shape index (κ1) is 16.0. The summed E-state index contributed by atoms with van der Waals surface area (Å²) in [4.78, 5) is 14.2. The van der Waals surface area contributed by atoms with Crippen LogP contribution < -0.4 is 0 Å². The first-order valence-corrected chi connectivity index (χ1v) is 8.55. The Hall–Kier alpha value is -1.53. The largest absolute Gasteiger partial charge is 0.375 e. The SMILES string of the molecule is O=C(c1ccc(F)c(F)c1)N1CC[C@]2(C[C@@H](OCC3CC3)CO2)C1. The van der Waals surface area contributed by atoms with Crippen LogP contribution in [0.1, 0.15) is 36.0 Å². The molecule has 6 heteroatoms. The van der Waals surface area contributed by atoms with Crippen LogP contribution in [-0.4, -0.2) is 48.8 Å². The Morgan fingerprint density at radius 1 is 1.33 bits per heavy atom. The lowest BCUT2D eigenvalue weighted by Gasteiger charge is -2.23. The first-order chi connectivity index (χ1) is 11.5. The van der Waals surface area contributed by atoms with Gasteiger partial charge in [-0.05, 0) is 43.4 Å². The number of benzene rings is 1. The zero-order valence-electron chi connectivity index (χ0n) is 13.5. The minimum Gasteiger partial charge on any atom is -0.375 e. The Bertz CT molecular complexity index is 649. The van der Waals surface area contributed by atoms with E-state index in [0.717, 1.165) is 37.5 Å². The molecule has 0 bridgehead atoms. The second-order valence-corrected chi connectivity index (χ2v) is 7.20. The third-order valence-corrected chi connectivity index (χ3v) is 5.21. The summed E-state index contributed by atoms with van der Waals surface area (Å²) >= 11 is 0. The highest BCUT2D eigenvalue weighted by atomic mass is 19.2. The summed E-state index contributed by atoms with van der Waals surface area (Å²) in [7, 11) is 0. The summed E-state index contributed by atoms with van der Waals surface area (Å²) in [6.45, 7) is 2.42. The maximum Gasteiger partial charge on any atom is 0.254 e. The molecule has 24 heavy (non-hydrogen) atoms. The van der Waals surface area contributed by atoms with Gasteiger partial charge in [-0.2, -0.15) is 0 Å². The van der Waals surface area contributed by atoms with Crippen molar-refractivity contribution in [2.45, 2.75) is 37.4 Å². The summed E-state index contributed by atoms with van der Waals surface area (Å²) < 4.78 is 38.2. The molecule has 0 N–H and O–H groups in total. The van der Waals surface area contributed by atoms with Crippen molar-refractivity contribution in [3.05, 3.63) is 35.4 Å². The molecule has 0 aromatic heterocycles. The number of amides is 1. The standard InChI is InChI=1S/C18H21F2NO3/c19-15-4-3-13(7-16(15)20)17(22)21-6-5-18(11-21)8-14(10-24-18)23-9-12-1-2-12/h3-4,7,12,14H,1-2,5-6,8-11H2/t14-,18+/m1/s1. The highest BCUT2D eigenvalue weighted by Crippen LogP contribution is 2.38. The van der Waals surface area contributed by atoms with Gasteiger partial charge in [0.2, 0.25) is 0 Å². The van der Waals surface area contributed by atoms with E-state index in [2.05, 4.69) is 0 Å². The van der Waals surface area contributed by atoms with E-state index in [4.69, 9.17) is 9.47 Å². The number of hydrogen-bond donors (Lipinski definition) is 0. The molecule has 1 aromatic carbocycles. The highest BCUT2D eigenvalue weighted by molar-refractivity contribution is 5.94. The van der Waals surface area contributed by atoms with E-state index in [1.165, 1.54) is 18.9 Å². The Kier molecular flexibility index (Phi) is 4.04. The molecule has 2 heterocycles. The predicted octanol–water partition coefficient (Wildman–Crippen LogP) is 2.77. The van der Waals surface area contributed by atoms with Gasteiger partial charge in [0.25, 0.3) is 5.91 Å². The average molecular weight is 337 g/mol. The topological polar surface area (TPSA) is 38.8 Å². The van der Waals surface area contributed by atoms with Gasteiger partial charge in [-0.1, -0.05) is 0 Å². The van der Waals surface area contributed by atoms with Crippen molar-refractivity contribution in [3.63, 3.8) is 0 Å². The molecule has 0 unspecified atom stereocenters. The lowest BCUT2D eigenvalue weighted by Crippen LogP contribution is -2.36. The fraction of sp³-hybridized carbons (Fsp3) is 0.611. The molecular formula is C18H21F2NO3. The number of halogens is 2. The third kappa shape index (κ3) is 3.17. The second-order valence-electron chi connectivity index (χ2n) is 7.20. The van der Waals surface area contributed by atoms with Crippen LogP contribution in [-0.2, 0) is 9.47 Å². The molecule has 3 fully saturated rings. The fourth-order valence-electron chi connectivity index (χ4n) is 3.58. The van der Waals surface area contributed by atoms with E-state index in [1.54, 1.807) is 4.90 Å². The number of rotatable bonds is 4. The van der Waals surface area contributed by atoms with Gasteiger partial charge < -0.3 is 14.4 Å². The molecule has 2 atom stereocenters. The van der Waals surface area contributed by atoms with Gasteiger partial charge in [0.05, 0.1) is 24.9 Å². The van der Waals surface area contributed by atoms with Crippen molar-refractivity contribution in [1.82, 2.24) is 4.90 Å². The summed E-state index contributed by atoms with van der Waals surface area (Å²) in [6.07, 6.45) is 4.17. The average Bonchev–Trinajstić information content (AvgIpc) is 3.19. The van der Waals surface area contributed by atoms with Crippen molar-refractivity contribution < 1.29 is 23.0 Å². The minimum atomic E-state index is -1.000. The molecule has 1 aromatic rings. The van der Waals surface area contributed by atoms with Crippen LogP contribution in [0.25, 0.3) is 0 Å². The minimum absolute atomic E-state index is 0.101. The maximum absolute atomic E-state index is 13.3. The van der Waals surface area contributed by atoms with E-state index in [1.807, 2.05) is 0 Å². The van der Waals surface area contributed by atoms with Crippen LogP contribution in [0.2, 0.25) is 0 Å². The van der Waals surface area contributed by atoms with Gasteiger partial charge in [0.1, 0.15) is 0 Å². The number of hydrogen-bond acceptors (Lipinski definition) is 3. The van der Waals surface area contributed by atoms with Gasteiger partial charge in [0.15, 0.2) is 11.6 Å². The normalized spacial score (nSPS) is 29.6. The van der Waals surface area contributed by atoms with E-state index in [-0.39, 0.29) is 23.2 Å². The molecule has 1 saturated carbocycles. The molecule has 2 aliphatic heterocycles.